The summed E-state index contributed by atoms with van der Waals surface area (Å²) < 4.78 is 0. The van der Waals surface area contributed by atoms with E-state index in [0.717, 1.165) is 19.3 Å². The monoisotopic (exact) mass is 252 g/mol. The maximum absolute atomic E-state index is 11.0. The topological polar surface area (TPSA) is 113 Å². The molecule has 0 aliphatic heterocycles. The number of nitrogens with one attached hydrogen (secondary N) is 2. The van der Waals surface area contributed by atoms with Crippen molar-refractivity contribution in [1.82, 2.24) is 0 Å². The molecule has 0 heterocycles. The van der Waals surface area contributed by atoms with Gasteiger partial charge < -0.3 is 15.8 Å². The number of nitro groups is 1. The molecule has 7 heteroatoms. The van der Waals surface area contributed by atoms with Crippen molar-refractivity contribution in [3.8, 4) is 0 Å². The Balaban J connectivity index is 2.18. The van der Waals surface area contributed by atoms with Crippen molar-refractivity contribution in [2.24, 2.45) is 5.84 Å². The van der Waals surface area contributed by atoms with E-state index in [9.17, 15) is 15.2 Å². The van der Waals surface area contributed by atoms with E-state index >= 15 is 0 Å². The van der Waals surface area contributed by atoms with Crippen LogP contribution in [-0.2, 0) is 0 Å². The molecule has 18 heavy (non-hydrogen) atoms. The van der Waals surface area contributed by atoms with Crippen molar-refractivity contribution in [3.63, 3.8) is 0 Å². The third kappa shape index (κ3) is 2.36. The molecule has 1 aromatic carbocycles. The average Bonchev–Trinajstić information content (AvgIpc) is 2.33. The van der Waals surface area contributed by atoms with Crippen molar-refractivity contribution < 1.29 is 10.0 Å². The summed E-state index contributed by atoms with van der Waals surface area (Å²) in [5, 5.41) is 23.9. The lowest BCUT2D eigenvalue weighted by atomic mass is 9.80. The van der Waals surface area contributed by atoms with Crippen molar-refractivity contribution >= 4 is 17.1 Å². The number of nitrogens with two attached hydrogens (primary N) is 1. The van der Waals surface area contributed by atoms with Crippen LogP contribution in [0.15, 0.2) is 18.2 Å². The molecule has 1 fully saturated rings. The SMILES string of the molecule is NNc1cccc(NCC2(O)CCC2)c1[N+](=O)[O-]. The van der Waals surface area contributed by atoms with Gasteiger partial charge in [-0.1, -0.05) is 6.07 Å². The molecule has 1 saturated carbocycles. The highest BCUT2D eigenvalue weighted by molar-refractivity contribution is 5.75. The van der Waals surface area contributed by atoms with Crippen molar-refractivity contribution in [1.29, 1.82) is 0 Å². The molecule has 0 bridgehead atoms. The first-order valence-corrected chi connectivity index (χ1v) is 5.76. The van der Waals surface area contributed by atoms with Gasteiger partial charge in [0.2, 0.25) is 0 Å². The molecular weight excluding hydrogens is 236 g/mol. The number of hydrogen-bond donors (Lipinski definition) is 4. The van der Waals surface area contributed by atoms with Gasteiger partial charge in [-0.05, 0) is 31.4 Å². The van der Waals surface area contributed by atoms with E-state index in [4.69, 9.17) is 5.84 Å². The van der Waals surface area contributed by atoms with Gasteiger partial charge in [0, 0.05) is 6.54 Å². The highest BCUT2D eigenvalue weighted by atomic mass is 16.6. The van der Waals surface area contributed by atoms with Gasteiger partial charge in [-0.3, -0.25) is 16.0 Å². The maximum atomic E-state index is 11.0. The van der Waals surface area contributed by atoms with Gasteiger partial charge in [-0.2, -0.15) is 0 Å². The summed E-state index contributed by atoms with van der Waals surface area (Å²) in [6.07, 6.45) is 2.44. The molecule has 98 valence electrons. The molecular formula is C11H16N4O3. The largest absolute Gasteiger partial charge is 0.388 e. The highest BCUT2D eigenvalue weighted by Gasteiger charge is 2.34. The highest BCUT2D eigenvalue weighted by Crippen LogP contribution is 2.35. The van der Waals surface area contributed by atoms with E-state index in [1.54, 1.807) is 12.1 Å². The fourth-order valence-corrected chi connectivity index (χ4v) is 2.02. The molecule has 0 radical (unpaired) electrons. The standard InChI is InChI=1S/C11H16N4O3/c12-14-9-4-1-3-8(10(9)15(17)18)13-7-11(16)5-2-6-11/h1,3-4,13-14,16H,2,5-7,12H2. The fourth-order valence-electron chi connectivity index (χ4n) is 2.02. The van der Waals surface area contributed by atoms with E-state index in [1.807, 2.05) is 0 Å². The molecule has 0 atom stereocenters. The minimum atomic E-state index is -0.736. The molecule has 5 N–H and O–H groups in total. The number of benzene rings is 1. The fraction of sp³-hybridized carbons (Fsp3) is 0.455. The smallest absolute Gasteiger partial charge is 0.316 e. The number of nitro benzene ring substituents is 1. The Morgan fingerprint density at radius 3 is 2.61 bits per heavy atom. The number of hydrazine groups is 1. The first-order valence-electron chi connectivity index (χ1n) is 5.76. The van der Waals surface area contributed by atoms with Crippen LogP contribution in [0.5, 0.6) is 0 Å². The van der Waals surface area contributed by atoms with Crippen molar-refractivity contribution in [3.05, 3.63) is 28.3 Å². The van der Waals surface area contributed by atoms with Crippen LogP contribution in [0.1, 0.15) is 19.3 Å². The molecule has 2 rings (SSSR count). The second kappa shape index (κ2) is 4.79. The van der Waals surface area contributed by atoms with E-state index in [-0.39, 0.29) is 11.4 Å². The second-order valence-corrected chi connectivity index (χ2v) is 4.53. The predicted molar refractivity (Wildman–Crippen MR) is 68.2 cm³/mol. The molecule has 1 aliphatic rings. The van der Waals surface area contributed by atoms with Gasteiger partial charge in [-0.15, -0.1) is 0 Å². The van der Waals surface area contributed by atoms with Gasteiger partial charge in [0.1, 0.15) is 11.4 Å². The molecule has 0 amide bonds. The van der Waals surface area contributed by atoms with Crippen LogP contribution in [0, 0.1) is 10.1 Å². The minimum absolute atomic E-state index is 0.108. The zero-order valence-electron chi connectivity index (χ0n) is 9.85. The second-order valence-electron chi connectivity index (χ2n) is 4.53. The van der Waals surface area contributed by atoms with Gasteiger partial charge in [-0.25, -0.2) is 0 Å². The zero-order valence-corrected chi connectivity index (χ0v) is 9.85. The van der Waals surface area contributed by atoms with E-state index in [0.29, 0.717) is 12.2 Å². The molecule has 1 aromatic rings. The number of nitrogen functional groups attached to an aromatic ring is 1. The van der Waals surface area contributed by atoms with Crippen LogP contribution in [-0.4, -0.2) is 22.2 Å². The molecule has 0 spiro atoms. The number of nitrogens with zero attached hydrogens (tertiary/aromatic N) is 1. The molecule has 7 nitrogen and oxygen atoms in total. The Morgan fingerprint density at radius 1 is 1.44 bits per heavy atom. The third-order valence-corrected chi connectivity index (χ3v) is 3.27. The van der Waals surface area contributed by atoms with E-state index in [1.165, 1.54) is 6.07 Å². The maximum Gasteiger partial charge on any atom is 0.316 e. The molecule has 0 saturated heterocycles. The normalized spacial score (nSPS) is 16.8. The molecule has 1 aliphatic carbocycles. The molecule has 0 aromatic heterocycles. The van der Waals surface area contributed by atoms with Crippen molar-refractivity contribution in [2.45, 2.75) is 24.9 Å². The average molecular weight is 252 g/mol. The van der Waals surface area contributed by atoms with Gasteiger partial charge in [0.05, 0.1) is 10.5 Å². The summed E-state index contributed by atoms with van der Waals surface area (Å²) >= 11 is 0. The summed E-state index contributed by atoms with van der Waals surface area (Å²) in [6.45, 7) is 0.307. The summed E-state index contributed by atoms with van der Waals surface area (Å²) in [4.78, 5) is 10.5. The first kappa shape index (κ1) is 12.6. The van der Waals surface area contributed by atoms with Crippen LogP contribution < -0.4 is 16.6 Å². The van der Waals surface area contributed by atoms with Gasteiger partial charge >= 0.3 is 5.69 Å². The Labute approximate surface area is 104 Å². The predicted octanol–water partition coefficient (Wildman–Crippen LogP) is 1.21. The summed E-state index contributed by atoms with van der Waals surface area (Å²) in [5.41, 5.74) is 2.05. The Morgan fingerprint density at radius 2 is 2.11 bits per heavy atom. The number of rotatable bonds is 5. The third-order valence-electron chi connectivity index (χ3n) is 3.27. The summed E-state index contributed by atoms with van der Waals surface area (Å²) in [5.74, 6) is 5.25. The van der Waals surface area contributed by atoms with Crippen LogP contribution in [0.3, 0.4) is 0 Å². The Hall–Kier alpha value is -1.86. The van der Waals surface area contributed by atoms with E-state index < -0.39 is 10.5 Å². The summed E-state index contributed by atoms with van der Waals surface area (Å²) in [7, 11) is 0. The van der Waals surface area contributed by atoms with Crippen LogP contribution in [0.2, 0.25) is 0 Å². The Bertz CT molecular complexity index is 460. The van der Waals surface area contributed by atoms with Crippen LogP contribution in [0.25, 0.3) is 0 Å². The summed E-state index contributed by atoms with van der Waals surface area (Å²) in [6, 6.07) is 4.79. The molecule has 0 unspecified atom stereocenters. The first-order chi connectivity index (χ1) is 8.56. The quantitative estimate of drug-likeness (QED) is 0.356. The van der Waals surface area contributed by atoms with Crippen molar-refractivity contribution in [2.75, 3.05) is 17.3 Å². The lowest BCUT2D eigenvalue weighted by Crippen LogP contribution is -2.43. The number of aliphatic hydroxyl groups is 1. The number of anilines is 2. The van der Waals surface area contributed by atoms with Gasteiger partial charge in [0.25, 0.3) is 0 Å². The Kier molecular flexibility index (Phi) is 3.35. The van der Waals surface area contributed by atoms with Crippen LogP contribution >= 0.6 is 0 Å². The zero-order chi connectivity index (χ0) is 13.2. The van der Waals surface area contributed by atoms with Crippen LogP contribution in [0.4, 0.5) is 17.1 Å². The number of hydrogen-bond acceptors (Lipinski definition) is 6. The van der Waals surface area contributed by atoms with Gasteiger partial charge in [0.15, 0.2) is 0 Å². The lowest BCUT2D eigenvalue weighted by molar-refractivity contribution is -0.383. The van der Waals surface area contributed by atoms with E-state index in [2.05, 4.69) is 10.7 Å². The minimum Gasteiger partial charge on any atom is -0.388 e. The number of para-hydroxylation sites is 1. The lowest BCUT2D eigenvalue weighted by Gasteiger charge is -2.36.